The van der Waals surface area contributed by atoms with Crippen molar-refractivity contribution in [3.05, 3.63) is 71.9 Å². The lowest BCUT2D eigenvalue weighted by Gasteiger charge is -1.99. The monoisotopic (exact) mass is 305 g/mol. The van der Waals surface area contributed by atoms with Gasteiger partial charge in [0.2, 0.25) is 5.91 Å². The first-order valence-electron chi connectivity index (χ1n) is 7.72. The summed E-state index contributed by atoms with van der Waals surface area (Å²) in [6.45, 7) is 0. The van der Waals surface area contributed by atoms with Crippen LogP contribution in [0.15, 0.2) is 65.9 Å². The van der Waals surface area contributed by atoms with E-state index >= 15 is 0 Å². The van der Waals surface area contributed by atoms with Crippen LogP contribution in [0.4, 0.5) is 0 Å². The van der Waals surface area contributed by atoms with Gasteiger partial charge in [0.05, 0.1) is 6.42 Å². The minimum Gasteiger partial charge on any atom is -0.361 e. The lowest BCUT2D eigenvalue weighted by molar-refractivity contribution is -0.120. The van der Waals surface area contributed by atoms with Gasteiger partial charge >= 0.3 is 0 Å². The second kappa shape index (κ2) is 7.40. The Morgan fingerprint density at radius 1 is 1.09 bits per heavy atom. The molecule has 1 aromatic heterocycles. The molecule has 2 N–H and O–H groups in total. The molecule has 0 aliphatic rings. The first kappa shape index (κ1) is 15.0. The maximum absolute atomic E-state index is 11.9. The van der Waals surface area contributed by atoms with Crippen molar-refractivity contribution in [2.24, 2.45) is 5.10 Å². The summed E-state index contributed by atoms with van der Waals surface area (Å²) in [5.41, 5.74) is 5.88. The van der Waals surface area contributed by atoms with Crippen LogP contribution in [0, 0.1) is 0 Å². The van der Waals surface area contributed by atoms with Crippen LogP contribution in [-0.2, 0) is 17.6 Å². The zero-order chi connectivity index (χ0) is 15.9. The quantitative estimate of drug-likeness (QED) is 0.532. The van der Waals surface area contributed by atoms with Gasteiger partial charge < -0.3 is 4.98 Å². The molecular weight excluding hydrogens is 286 g/mol. The van der Waals surface area contributed by atoms with Crippen molar-refractivity contribution in [1.29, 1.82) is 0 Å². The van der Waals surface area contributed by atoms with Gasteiger partial charge in [0, 0.05) is 23.3 Å². The van der Waals surface area contributed by atoms with Crippen LogP contribution in [0.2, 0.25) is 0 Å². The molecular formula is C19H19N3O. The maximum Gasteiger partial charge on any atom is 0.244 e. The Morgan fingerprint density at radius 2 is 1.87 bits per heavy atom. The van der Waals surface area contributed by atoms with Crippen LogP contribution in [0.25, 0.3) is 10.9 Å². The van der Waals surface area contributed by atoms with Crippen molar-refractivity contribution in [1.82, 2.24) is 10.4 Å². The minimum atomic E-state index is -0.106. The molecule has 4 nitrogen and oxygen atoms in total. The number of H-pyrrole nitrogens is 1. The summed E-state index contributed by atoms with van der Waals surface area (Å²) in [5.74, 6) is -0.106. The van der Waals surface area contributed by atoms with Gasteiger partial charge in [0.1, 0.15) is 0 Å². The molecule has 0 unspecified atom stereocenters. The SMILES string of the molecule is O=C(Cc1c[nH]c2ccccc12)N/N=C/CCc1ccccc1. The molecule has 0 aliphatic carbocycles. The molecule has 1 amide bonds. The van der Waals surface area contributed by atoms with E-state index in [9.17, 15) is 4.79 Å². The first-order valence-corrected chi connectivity index (χ1v) is 7.72. The highest BCUT2D eigenvalue weighted by atomic mass is 16.2. The van der Waals surface area contributed by atoms with E-state index in [0.29, 0.717) is 6.42 Å². The highest BCUT2D eigenvalue weighted by molar-refractivity contribution is 5.88. The van der Waals surface area contributed by atoms with Crippen LogP contribution < -0.4 is 5.43 Å². The van der Waals surface area contributed by atoms with E-state index in [1.165, 1.54) is 5.56 Å². The van der Waals surface area contributed by atoms with E-state index in [-0.39, 0.29) is 5.91 Å². The van der Waals surface area contributed by atoms with Crippen molar-refractivity contribution in [3.8, 4) is 0 Å². The van der Waals surface area contributed by atoms with E-state index < -0.39 is 0 Å². The van der Waals surface area contributed by atoms with Crippen LogP contribution >= 0.6 is 0 Å². The summed E-state index contributed by atoms with van der Waals surface area (Å²) in [7, 11) is 0. The Morgan fingerprint density at radius 3 is 2.74 bits per heavy atom. The topological polar surface area (TPSA) is 57.2 Å². The molecule has 3 aromatic rings. The van der Waals surface area contributed by atoms with Gasteiger partial charge in [-0.3, -0.25) is 4.79 Å². The maximum atomic E-state index is 11.9. The molecule has 0 aliphatic heterocycles. The largest absolute Gasteiger partial charge is 0.361 e. The predicted molar refractivity (Wildman–Crippen MR) is 93.4 cm³/mol. The van der Waals surface area contributed by atoms with Crippen molar-refractivity contribution in [3.63, 3.8) is 0 Å². The summed E-state index contributed by atoms with van der Waals surface area (Å²) in [6, 6.07) is 18.2. The zero-order valence-corrected chi connectivity index (χ0v) is 12.8. The first-order chi connectivity index (χ1) is 11.3. The molecule has 2 aromatic carbocycles. The molecule has 116 valence electrons. The predicted octanol–water partition coefficient (Wildman–Crippen LogP) is 3.45. The van der Waals surface area contributed by atoms with Gasteiger partial charge in [0.15, 0.2) is 0 Å². The molecule has 3 rings (SSSR count). The molecule has 0 saturated carbocycles. The normalized spacial score (nSPS) is 11.1. The minimum absolute atomic E-state index is 0.106. The fraction of sp³-hybridized carbons (Fsp3) is 0.158. The van der Waals surface area contributed by atoms with Gasteiger partial charge in [-0.05, 0) is 30.0 Å². The molecule has 0 bridgehead atoms. The van der Waals surface area contributed by atoms with Crippen molar-refractivity contribution < 1.29 is 4.79 Å². The standard InChI is InChI=1S/C19H19N3O/c23-19(13-16-14-20-18-11-5-4-10-17(16)18)22-21-12-6-9-15-7-2-1-3-8-15/h1-5,7-8,10-12,14,20H,6,9,13H2,(H,22,23)/b21-12+. The zero-order valence-electron chi connectivity index (χ0n) is 12.8. The molecule has 4 heteroatoms. The van der Waals surface area contributed by atoms with Crippen molar-refractivity contribution >= 4 is 23.0 Å². The summed E-state index contributed by atoms with van der Waals surface area (Å²) >= 11 is 0. The van der Waals surface area contributed by atoms with Crippen molar-refractivity contribution in [2.75, 3.05) is 0 Å². The highest BCUT2D eigenvalue weighted by Crippen LogP contribution is 2.17. The van der Waals surface area contributed by atoms with E-state index in [2.05, 4.69) is 27.6 Å². The van der Waals surface area contributed by atoms with Crippen LogP contribution in [-0.4, -0.2) is 17.1 Å². The summed E-state index contributed by atoms with van der Waals surface area (Å²) in [6.07, 6.45) is 5.67. The molecule has 0 radical (unpaired) electrons. The lowest BCUT2D eigenvalue weighted by atomic mass is 10.1. The Kier molecular flexibility index (Phi) is 4.84. The van der Waals surface area contributed by atoms with Crippen LogP contribution in [0.1, 0.15) is 17.5 Å². The van der Waals surface area contributed by atoms with Gasteiger partial charge in [0.25, 0.3) is 0 Å². The number of hydrogen-bond acceptors (Lipinski definition) is 2. The Balaban J connectivity index is 1.47. The molecule has 1 heterocycles. The third kappa shape index (κ3) is 4.07. The lowest BCUT2D eigenvalue weighted by Crippen LogP contribution is -2.19. The Bertz CT molecular complexity index is 806. The molecule has 0 saturated heterocycles. The van der Waals surface area contributed by atoms with Gasteiger partial charge in [-0.15, -0.1) is 0 Å². The van der Waals surface area contributed by atoms with Gasteiger partial charge in [-0.1, -0.05) is 48.5 Å². The molecule has 23 heavy (non-hydrogen) atoms. The molecule has 0 fully saturated rings. The number of para-hydroxylation sites is 1. The van der Waals surface area contributed by atoms with E-state index in [4.69, 9.17) is 0 Å². The average Bonchev–Trinajstić information content (AvgIpc) is 2.99. The number of carbonyl (C=O) groups is 1. The number of hydrogen-bond donors (Lipinski definition) is 2. The number of fused-ring (bicyclic) bond motifs is 1. The fourth-order valence-corrected chi connectivity index (χ4v) is 2.55. The summed E-state index contributed by atoms with van der Waals surface area (Å²) in [5, 5.41) is 5.09. The van der Waals surface area contributed by atoms with E-state index in [1.807, 2.05) is 48.7 Å². The number of nitrogens with one attached hydrogen (secondary N) is 2. The highest BCUT2D eigenvalue weighted by Gasteiger charge is 2.07. The van der Waals surface area contributed by atoms with Gasteiger partial charge in [-0.25, -0.2) is 5.43 Å². The number of benzene rings is 2. The Labute approximate surface area is 135 Å². The number of carbonyl (C=O) groups excluding carboxylic acids is 1. The van der Waals surface area contributed by atoms with E-state index in [1.54, 1.807) is 6.21 Å². The van der Waals surface area contributed by atoms with Crippen LogP contribution in [0.5, 0.6) is 0 Å². The van der Waals surface area contributed by atoms with Gasteiger partial charge in [-0.2, -0.15) is 5.10 Å². The second-order valence-electron chi connectivity index (χ2n) is 5.41. The third-order valence-corrected chi connectivity index (χ3v) is 3.71. The number of rotatable bonds is 6. The number of aryl methyl sites for hydroxylation is 1. The smallest absolute Gasteiger partial charge is 0.244 e. The third-order valence-electron chi connectivity index (χ3n) is 3.71. The van der Waals surface area contributed by atoms with E-state index in [0.717, 1.165) is 29.3 Å². The second-order valence-corrected chi connectivity index (χ2v) is 5.41. The number of aromatic nitrogens is 1. The van der Waals surface area contributed by atoms with Crippen molar-refractivity contribution in [2.45, 2.75) is 19.3 Å². The summed E-state index contributed by atoms with van der Waals surface area (Å²) < 4.78 is 0. The fourth-order valence-electron chi connectivity index (χ4n) is 2.55. The Hall–Kier alpha value is -2.88. The number of hydrazone groups is 1. The number of nitrogens with zero attached hydrogens (tertiary/aromatic N) is 1. The summed E-state index contributed by atoms with van der Waals surface area (Å²) in [4.78, 5) is 15.1. The number of amides is 1. The number of aromatic amines is 1. The van der Waals surface area contributed by atoms with Crippen LogP contribution in [0.3, 0.4) is 0 Å². The molecule has 0 spiro atoms. The molecule has 0 atom stereocenters. The average molecular weight is 305 g/mol.